The normalized spacial score (nSPS) is 28.0. The molecule has 0 atom stereocenters. The Morgan fingerprint density at radius 2 is 1.77 bits per heavy atom. The van der Waals surface area contributed by atoms with Gasteiger partial charge in [0.05, 0.1) is 12.1 Å². The molecule has 0 spiro atoms. The summed E-state index contributed by atoms with van der Waals surface area (Å²) in [5.74, 6) is 1.81. The van der Waals surface area contributed by atoms with Crippen LogP contribution in [-0.4, -0.2) is 35.8 Å². The number of hydrogen-bond donors (Lipinski definition) is 3. The Labute approximate surface area is 152 Å². The van der Waals surface area contributed by atoms with Crippen LogP contribution in [0.25, 0.3) is 0 Å². The molecule has 0 aromatic heterocycles. The van der Waals surface area contributed by atoms with Gasteiger partial charge in [0.1, 0.15) is 0 Å². The maximum absolute atomic E-state index is 10.4. The van der Waals surface area contributed by atoms with Crippen LogP contribution in [0.3, 0.4) is 0 Å². The first-order valence-electron chi connectivity index (χ1n) is 8.92. The minimum atomic E-state index is -0.553. The van der Waals surface area contributed by atoms with Crippen LogP contribution in [0.5, 0.6) is 0 Å². The standard InChI is InChI=1S/C17H33N3O.HI/c1-3-14-7-9-15(10-8-14)20-16(18-4-2)19-13-17(21)11-5-6-12-17;/h14-15,21H,3-13H2,1-2H3,(H2,18,19,20);1H. The van der Waals surface area contributed by atoms with Crippen molar-refractivity contribution in [3.63, 3.8) is 0 Å². The second-order valence-corrected chi connectivity index (χ2v) is 6.90. The van der Waals surface area contributed by atoms with E-state index in [0.29, 0.717) is 12.6 Å². The molecule has 0 unspecified atom stereocenters. The van der Waals surface area contributed by atoms with Crippen molar-refractivity contribution < 1.29 is 5.11 Å². The van der Waals surface area contributed by atoms with Gasteiger partial charge in [0.15, 0.2) is 5.96 Å². The highest BCUT2D eigenvalue weighted by molar-refractivity contribution is 14.0. The molecule has 4 nitrogen and oxygen atoms in total. The van der Waals surface area contributed by atoms with E-state index in [1.165, 1.54) is 32.1 Å². The van der Waals surface area contributed by atoms with E-state index in [9.17, 15) is 5.11 Å². The number of nitrogens with zero attached hydrogens (tertiary/aromatic N) is 1. The van der Waals surface area contributed by atoms with Gasteiger partial charge < -0.3 is 15.7 Å². The zero-order valence-corrected chi connectivity index (χ0v) is 16.6. The predicted molar refractivity (Wildman–Crippen MR) is 104 cm³/mol. The lowest BCUT2D eigenvalue weighted by Crippen LogP contribution is -2.45. The first kappa shape index (κ1) is 20.0. The number of aliphatic imine (C=N–C) groups is 1. The maximum atomic E-state index is 10.4. The predicted octanol–water partition coefficient (Wildman–Crippen LogP) is 3.43. The van der Waals surface area contributed by atoms with Gasteiger partial charge >= 0.3 is 0 Å². The van der Waals surface area contributed by atoms with Crippen LogP contribution >= 0.6 is 24.0 Å². The summed E-state index contributed by atoms with van der Waals surface area (Å²) in [6, 6.07) is 0.545. The third-order valence-electron chi connectivity index (χ3n) is 5.17. The van der Waals surface area contributed by atoms with Crippen molar-refractivity contribution in [2.24, 2.45) is 10.9 Å². The minimum Gasteiger partial charge on any atom is -0.388 e. The molecule has 3 N–H and O–H groups in total. The van der Waals surface area contributed by atoms with E-state index in [0.717, 1.165) is 44.1 Å². The van der Waals surface area contributed by atoms with Crippen molar-refractivity contribution in [3.05, 3.63) is 0 Å². The number of hydrogen-bond acceptors (Lipinski definition) is 2. The van der Waals surface area contributed by atoms with Gasteiger partial charge in [-0.2, -0.15) is 0 Å². The fourth-order valence-corrected chi connectivity index (χ4v) is 3.65. The van der Waals surface area contributed by atoms with Crippen molar-refractivity contribution in [1.82, 2.24) is 10.6 Å². The Kier molecular flexibility index (Phi) is 9.05. The van der Waals surface area contributed by atoms with Crippen LogP contribution in [0.15, 0.2) is 4.99 Å². The molecular weight excluding hydrogens is 389 g/mol. The molecule has 0 saturated heterocycles. The van der Waals surface area contributed by atoms with Crippen LogP contribution in [0.4, 0.5) is 0 Å². The highest BCUT2D eigenvalue weighted by Gasteiger charge is 2.31. The molecule has 0 radical (unpaired) electrons. The number of halogens is 1. The molecule has 22 heavy (non-hydrogen) atoms. The lowest BCUT2D eigenvalue weighted by molar-refractivity contribution is 0.0574. The second-order valence-electron chi connectivity index (χ2n) is 6.90. The molecule has 0 bridgehead atoms. The van der Waals surface area contributed by atoms with Crippen LogP contribution in [0.2, 0.25) is 0 Å². The Morgan fingerprint density at radius 1 is 1.14 bits per heavy atom. The summed E-state index contributed by atoms with van der Waals surface area (Å²) in [7, 11) is 0. The third-order valence-corrected chi connectivity index (χ3v) is 5.17. The lowest BCUT2D eigenvalue weighted by atomic mass is 9.84. The summed E-state index contributed by atoms with van der Waals surface area (Å²) in [6.07, 6.45) is 10.5. The summed E-state index contributed by atoms with van der Waals surface area (Å²) in [6.45, 7) is 5.79. The summed E-state index contributed by atoms with van der Waals surface area (Å²) in [4.78, 5) is 4.64. The molecule has 2 aliphatic rings. The van der Waals surface area contributed by atoms with E-state index < -0.39 is 5.60 Å². The summed E-state index contributed by atoms with van der Waals surface area (Å²) < 4.78 is 0. The minimum absolute atomic E-state index is 0. The van der Waals surface area contributed by atoms with E-state index in [4.69, 9.17) is 0 Å². The molecule has 0 heterocycles. The van der Waals surface area contributed by atoms with Crippen LogP contribution in [0, 0.1) is 5.92 Å². The first-order valence-corrected chi connectivity index (χ1v) is 8.92. The molecule has 2 rings (SSSR count). The highest BCUT2D eigenvalue weighted by Crippen LogP contribution is 2.29. The van der Waals surface area contributed by atoms with Gasteiger partial charge in [0.2, 0.25) is 0 Å². The average molecular weight is 423 g/mol. The van der Waals surface area contributed by atoms with Crippen molar-refractivity contribution >= 4 is 29.9 Å². The molecule has 0 aromatic rings. The average Bonchev–Trinajstić information content (AvgIpc) is 2.93. The molecule has 2 saturated carbocycles. The third kappa shape index (κ3) is 6.22. The molecular formula is C17H34IN3O. The molecule has 0 amide bonds. The van der Waals surface area contributed by atoms with Crippen molar-refractivity contribution in [2.45, 2.75) is 83.3 Å². The van der Waals surface area contributed by atoms with Crippen molar-refractivity contribution in [3.8, 4) is 0 Å². The number of rotatable bonds is 5. The Balaban J connectivity index is 0.00000242. The van der Waals surface area contributed by atoms with Gasteiger partial charge in [-0.05, 0) is 51.4 Å². The molecule has 2 aliphatic carbocycles. The smallest absolute Gasteiger partial charge is 0.191 e. The SMILES string of the molecule is CCNC(=NCC1(O)CCCC1)NC1CCC(CC)CC1.I. The largest absolute Gasteiger partial charge is 0.388 e. The van der Waals surface area contributed by atoms with E-state index in [1.54, 1.807) is 0 Å². The number of aliphatic hydroxyl groups is 1. The monoisotopic (exact) mass is 423 g/mol. The van der Waals surface area contributed by atoms with Crippen LogP contribution < -0.4 is 10.6 Å². The molecule has 0 aromatic carbocycles. The Morgan fingerprint density at radius 3 is 2.32 bits per heavy atom. The van der Waals surface area contributed by atoms with Gasteiger partial charge in [0.25, 0.3) is 0 Å². The molecule has 130 valence electrons. The van der Waals surface area contributed by atoms with E-state index in [-0.39, 0.29) is 24.0 Å². The van der Waals surface area contributed by atoms with E-state index in [2.05, 4.69) is 29.5 Å². The molecule has 5 heteroatoms. The fraction of sp³-hybridized carbons (Fsp3) is 0.941. The fourth-order valence-electron chi connectivity index (χ4n) is 3.65. The Hall–Kier alpha value is -0.0400. The number of nitrogens with one attached hydrogen (secondary N) is 2. The molecule has 0 aliphatic heterocycles. The van der Waals surface area contributed by atoms with Gasteiger partial charge in [-0.3, -0.25) is 4.99 Å². The van der Waals surface area contributed by atoms with Gasteiger partial charge in [-0.25, -0.2) is 0 Å². The van der Waals surface area contributed by atoms with E-state index >= 15 is 0 Å². The summed E-state index contributed by atoms with van der Waals surface area (Å²) in [5.41, 5.74) is -0.553. The highest BCUT2D eigenvalue weighted by atomic mass is 127. The van der Waals surface area contributed by atoms with Gasteiger partial charge in [-0.15, -0.1) is 24.0 Å². The van der Waals surface area contributed by atoms with Gasteiger partial charge in [0, 0.05) is 12.6 Å². The van der Waals surface area contributed by atoms with Crippen LogP contribution in [-0.2, 0) is 0 Å². The zero-order chi connectivity index (χ0) is 15.1. The summed E-state index contributed by atoms with van der Waals surface area (Å²) >= 11 is 0. The topological polar surface area (TPSA) is 56.7 Å². The second kappa shape index (κ2) is 9.96. The summed E-state index contributed by atoms with van der Waals surface area (Å²) in [5, 5.41) is 17.3. The zero-order valence-electron chi connectivity index (χ0n) is 14.2. The van der Waals surface area contributed by atoms with E-state index in [1.807, 2.05) is 0 Å². The molecule has 2 fully saturated rings. The van der Waals surface area contributed by atoms with Crippen LogP contribution in [0.1, 0.15) is 71.6 Å². The van der Waals surface area contributed by atoms with Gasteiger partial charge in [-0.1, -0.05) is 26.2 Å². The lowest BCUT2D eigenvalue weighted by Gasteiger charge is -2.30. The first-order chi connectivity index (χ1) is 10.1. The quantitative estimate of drug-likeness (QED) is 0.361. The van der Waals surface area contributed by atoms with Crippen molar-refractivity contribution in [2.75, 3.05) is 13.1 Å². The maximum Gasteiger partial charge on any atom is 0.191 e. The number of guanidine groups is 1. The van der Waals surface area contributed by atoms with Crippen molar-refractivity contribution in [1.29, 1.82) is 0 Å². The Bertz CT molecular complexity index is 335.